The van der Waals surface area contributed by atoms with Gasteiger partial charge in [0.25, 0.3) is 0 Å². The van der Waals surface area contributed by atoms with Gasteiger partial charge in [-0.3, -0.25) is 9.79 Å². The number of amides is 1. The van der Waals surface area contributed by atoms with E-state index < -0.39 is 0 Å². The molecule has 7 heteroatoms. The van der Waals surface area contributed by atoms with E-state index in [0.29, 0.717) is 12.5 Å². The zero-order chi connectivity index (χ0) is 20.6. The van der Waals surface area contributed by atoms with Gasteiger partial charge in [-0.05, 0) is 64.2 Å². The number of carbonyl (C=O) groups is 1. The van der Waals surface area contributed by atoms with Crippen LogP contribution in [0.5, 0.6) is 11.5 Å². The van der Waals surface area contributed by atoms with Crippen LogP contribution in [0.4, 0.5) is 0 Å². The molecule has 1 aromatic carbocycles. The van der Waals surface area contributed by atoms with Crippen molar-refractivity contribution >= 4 is 11.9 Å². The van der Waals surface area contributed by atoms with E-state index >= 15 is 0 Å². The second-order valence-corrected chi connectivity index (χ2v) is 8.09. The minimum atomic E-state index is -0.255. The number of ether oxygens (including phenoxy) is 2. The lowest BCUT2D eigenvalue weighted by Gasteiger charge is -2.21. The summed E-state index contributed by atoms with van der Waals surface area (Å²) in [6.07, 6.45) is 4.91. The highest BCUT2D eigenvalue weighted by Gasteiger charge is 2.19. The van der Waals surface area contributed by atoms with E-state index in [4.69, 9.17) is 9.47 Å². The van der Waals surface area contributed by atoms with E-state index in [1.807, 2.05) is 39.0 Å². The van der Waals surface area contributed by atoms with Crippen LogP contribution in [0.1, 0.15) is 52.0 Å². The smallest absolute Gasteiger partial charge is 0.239 e. The van der Waals surface area contributed by atoms with Crippen molar-refractivity contribution in [2.75, 3.05) is 20.7 Å². The molecule has 0 aliphatic heterocycles. The standard InChI is InChI=1S/C21H34N4O3/c1-21(2,3)25-19(26)14-24-20(22-4)23-13-15-10-11-17(27-5)18(12-15)28-16-8-6-7-9-16/h10-12,16H,6-9,13-14H2,1-5H3,(H,25,26)(H2,22,23,24). The van der Waals surface area contributed by atoms with Crippen molar-refractivity contribution in [3.05, 3.63) is 23.8 Å². The number of guanidine groups is 1. The maximum atomic E-state index is 11.9. The van der Waals surface area contributed by atoms with Crippen LogP contribution >= 0.6 is 0 Å². The number of benzene rings is 1. The molecule has 1 amide bonds. The van der Waals surface area contributed by atoms with Crippen LogP contribution in [0, 0.1) is 0 Å². The number of methoxy groups -OCH3 is 1. The van der Waals surface area contributed by atoms with Crippen molar-refractivity contribution in [2.24, 2.45) is 4.99 Å². The average Bonchev–Trinajstić information content (AvgIpc) is 3.13. The predicted molar refractivity (Wildman–Crippen MR) is 112 cm³/mol. The van der Waals surface area contributed by atoms with Crippen LogP contribution in [0.2, 0.25) is 0 Å². The van der Waals surface area contributed by atoms with Crippen LogP contribution in [0.25, 0.3) is 0 Å². The number of carbonyl (C=O) groups excluding carboxylic acids is 1. The van der Waals surface area contributed by atoms with E-state index in [2.05, 4.69) is 20.9 Å². The predicted octanol–water partition coefficient (Wildman–Crippen LogP) is 2.60. The molecular weight excluding hydrogens is 356 g/mol. The van der Waals surface area contributed by atoms with Gasteiger partial charge < -0.3 is 25.4 Å². The number of nitrogens with zero attached hydrogens (tertiary/aromatic N) is 1. The van der Waals surface area contributed by atoms with Crippen molar-refractivity contribution < 1.29 is 14.3 Å². The third-order valence-corrected chi connectivity index (χ3v) is 4.44. The van der Waals surface area contributed by atoms with Crippen molar-refractivity contribution in [1.82, 2.24) is 16.0 Å². The number of rotatable bonds is 7. The topological polar surface area (TPSA) is 84.0 Å². The van der Waals surface area contributed by atoms with Crippen molar-refractivity contribution in [2.45, 2.75) is 64.6 Å². The second-order valence-electron chi connectivity index (χ2n) is 8.09. The van der Waals surface area contributed by atoms with Gasteiger partial charge in [0.15, 0.2) is 17.5 Å². The zero-order valence-corrected chi connectivity index (χ0v) is 17.7. The maximum absolute atomic E-state index is 11.9. The molecule has 0 bridgehead atoms. The largest absolute Gasteiger partial charge is 0.493 e. The molecule has 7 nitrogen and oxygen atoms in total. The first-order valence-electron chi connectivity index (χ1n) is 9.90. The number of nitrogens with one attached hydrogen (secondary N) is 3. The van der Waals surface area contributed by atoms with E-state index in [0.717, 1.165) is 29.9 Å². The molecule has 0 aromatic heterocycles. The van der Waals surface area contributed by atoms with E-state index in [1.165, 1.54) is 12.8 Å². The molecule has 0 radical (unpaired) electrons. The van der Waals surface area contributed by atoms with Gasteiger partial charge in [0, 0.05) is 19.1 Å². The van der Waals surface area contributed by atoms with Gasteiger partial charge in [0.05, 0.1) is 19.8 Å². The molecule has 0 heterocycles. The summed E-state index contributed by atoms with van der Waals surface area (Å²) in [6, 6.07) is 5.92. The van der Waals surface area contributed by atoms with Gasteiger partial charge in [-0.1, -0.05) is 6.07 Å². The number of aliphatic imine (C=N–C) groups is 1. The Morgan fingerprint density at radius 3 is 2.50 bits per heavy atom. The van der Waals surface area contributed by atoms with Gasteiger partial charge in [-0.2, -0.15) is 0 Å². The first-order chi connectivity index (χ1) is 13.3. The Labute approximate surface area is 168 Å². The van der Waals surface area contributed by atoms with Crippen molar-refractivity contribution in [1.29, 1.82) is 0 Å². The van der Waals surface area contributed by atoms with Crippen LogP contribution < -0.4 is 25.4 Å². The summed E-state index contributed by atoms with van der Waals surface area (Å²) < 4.78 is 11.6. The lowest BCUT2D eigenvalue weighted by molar-refractivity contribution is -0.121. The highest BCUT2D eigenvalue weighted by atomic mass is 16.5. The normalized spacial score (nSPS) is 15.2. The summed E-state index contributed by atoms with van der Waals surface area (Å²) in [5, 5.41) is 9.17. The number of hydrogen-bond acceptors (Lipinski definition) is 4. The zero-order valence-electron chi connectivity index (χ0n) is 17.7. The Bertz CT molecular complexity index is 677. The van der Waals surface area contributed by atoms with E-state index in [-0.39, 0.29) is 24.1 Å². The fraction of sp³-hybridized carbons (Fsp3) is 0.619. The first kappa shape index (κ1) is 21.9. The summed E-state index contributed by atoms with van der Waals surface area (Å²) in [4.78, 5) is 16.1. The van der Waals surface area contributed by atoms with Crippen molar-refractivity contribution in [3.8, 4) is 11.5 Å². The molecule has 1 saturated carbocycles. The molecule has 0 unspecified atom stereocenters. The van der Waals surface area contributed by atoms with Crippen molar-refractivity contribution in [3.63, 3.8) is 0 Å². The minimum absolute atomic E-state index is 0.0767. The maximum Gasteiger partial charge on any atom is 0.239 e. The summed E-state index contributed by atoms with van der Waals surface area (Å²) in [7, 11) is 3.34. The van der Waals surface area contributed by atoms with Gasteiger partial charge in [-0.25, -0.2) is 0 Å². The second kappa shape index (κ2) is 10.2. The molecule has 1 aliphatic carbocycles. The Morgan fingerprint density at radius 2 is 1.89 bits per heavy atom. The van der Waals surface area contributed by atoms with E-state index in [1.54, 1.807) is 14.2 Å². The van der Waals surface area contributed by atoms with Gasteiger partial charge in [-0.15, -0.1) is 0 Å². The van der Waals surface area contributed by atoms with Crippen LogP contribution in [0.3, 0.4) is 0 Å². The monoisotopic (exact) mass is 390 g/mol. The van der Waals surface area contributed by atoms with Crippen LogP contribution in [-0.2, 0) is 11.3 Å². The minimum Gasteiger partial charge on any atom is -0.493 e. The lowest BCUT2D eigenvalue weighted by Crippen LogP contribution is -2.48. The SMILES string of the molecule is CN=C(NCC(=O)NC(C)(C)C)NCc1ccc(OC)c(OC2CCCC2)c1. The molecule has 3 N–H and O–H groups in total. The first-order valence-corrected chi connectivity index (χ1v) is 9.90. The molecule has 0 saturated heterocycles. The summed E-state index contributed by atoms with van der Waals surface area (Å²) in [5.74, 6) is 2.02. The molecule has 2 rings (SSSR count). The average molecular weight is 391 g/mol. The quantitative estimate of drug-likeness (QED) is 0.492. The van der Waals surface area contributed by atoms with Crippen LogP contribution in [-0.4, -0.2) is 44.2 Å². The fourth-order valence-corrected chi connectivity index (χ4v) is 3.14. The third kappa shape index (κ3) is 7.29. The summed E-state index contributed by atoms with van der Waals surface area (Å²) >= 11 is 0. The third-order valence-electron chi connectivity index (χ3n) is 4.44. The van der Waals surface area contributed by atoms with Gasteiger partial charge >= 0.3 is 0 Å². The van der Waals surface area contributed by atoms with E-state index in [9.17, 15) is 4.79 Å². The summed E-state index contributed by atoms with van der Waals surface area (Å²) in [5.41, 5.74) is 0.796. The Morgan fingerprint density at radius 1 is 1.18 bits per heavy atom. The van der Waals surface area contributed by atoms with Gasteiger partial charge in [0.2, 0.25) is 5.91 Å². The molecule has 1 fully saturated rings. The number of hydrogen-bond donors (Lipinski definition) is 3. The summed E-state index contributed by atoms with van der Waals surface area (Å²) in [6.45, 7) is 6.58. The van der Waals surface area contributed by atoms with Gasteiger partial charge in [0.1, 0.15) is 0 Å². The highest BCUT2D eigenvalue weighted by Crippen LogP contribution is 2.32. The molecule has 28 heavy (non-hydrogen) atoms. The molecule has 1 aromatic rings. The Kier molecular flexibility index (Phi) is 7.96. The Hall–Kier alpha value is -2.44. The fourth-order valence-electron chi connectivity index (χ4n) is 3.14. The lowest BCUT2D eigenvalue weighted by atomic mass is 10.1. The molecule has 156 valence electrons. The molecule has 1 aliphatic rings. The Balaban J connectivity index is 1.90. The molecule has 0 atom stereocenters. The molecule has 0 spiro atoms. The highest BCUT2D eigenvalue weighted by molar-refractivity contribution is 5.86. The van der Waals surface area contributed by atoms with Crippen LogP contribution in [0.15, 0.2) is 23.2 Å². The molecular formula is C21H34N4O3.